The van der Waals surface area contributed by atoms with Gasteiger partial charge < -0.3 is 5.73 Å². The maximum Gasteiger partial charge on any atom is 0.141 e. The van der Waals surface area contributed by atoms with Crippen molar-refractivity contribution in [2.24, 2.45) is 11.7 Å². The lowest BCUT2D eigenvalue weighted by atomic mass is 9.91. The van der Waals surface area contributed by atoms with E-state index < -0.39 is 0 Å². The number of rotatable bonds is 4. The van der Waals surface area contributed by atoms with Gasteiger partial charge in [-0.1, -0.05) is 25.1 Å². The zero-order valence-corrected chi connectivity index (χ0v) is 10.6. The number of ketones is 1. The quantitative estimate of drug-likeness (QED) is 0.845. The smallest absolute Gasteiger partial charge is 0.141 e. The molecule has 2 atom stereocenters. The van der Waals surface area contributed by atoms with Gasteiger partial charge in [0.2, 0.25) is 0 Å². The molecule has 0 radical (unpaired) electrons. The number of hydrogen-bond donors (Lipinski definition) is 1. The number of benzene rings is 1. The van der Waals surface area contributed by atoms with Crippen LogP contribution < -0.4 is 5.73 Å². The van der Waals surface area contributed by atoms with Gasteiger partial charge in [-0.15, -0.1) is 0 Å². The Labute approximate surface area is 97.9 Å². The molecular formula is C14H21NO. The highest BCUT2D eigenvalue weighted by atomic mass is 16.1. The zero-order valence-electron chi connectivity index (χ0n) is 10.6. The van der Waals surface area contributed by atoms with E-state index in [1.54, 1.807) is 0 Å². The van der Waals surface area contributed by atoms with Gasteiger partial charge in [-0.3, -0.25) is 4.79 Å². The number of carbonyl (C=O) groups is 1. The first-order chi connectivity index (χ1) is 7.43. The molecule has 0 spiro atoms. The summed E-state index contributed by atoms with van der Waals surface area (Å²) >= 11 is 0. The van der Waals surface area contributed by atoms with E-state index in [1.165, 1.54) is 11.1 Å². The Morgan fingerprint density at radius 1 is 1.25 bits per heavy atom. The van der Waals surface area contributed by atoms with Crippen LogP contribution in [0, 0.1) is 19.8 Å². The molecule has 2 nitrogen and oxygen atoms in total. The maximum atomic E-state index is 12.0. The second-order valence-corrected chi connectivity index (χ2v) is 4.66. The van der Waals surface area contributed by atoms with Crippen LogP contribution in [0.1, 0.15) is 30.5 Å². The fraction of sp³-hybridized carbons (Fsp3) is 0.500. The molecule has 0 amide bonds. The summed E-state index contributed by atoms with van der Waals surface area (Å²) in [4.78, 5) is 12.0. The Morgan fingerprint density at radius 2 is 1.75 bits per heavy atom. The van der Waals surface area contributed by atoms with Crippen LogP contribution in [0.4, 0.5) is 0 Å². The third-order valence-electron chi connectivity index (χ3n) is 3.29. The molecule has 0 bridgehead atoms. The Balaban J connectivity index is 2.85. The Hall–Kier alpha value is -1.15. The van der Waals surface area contributed by atoms with Crippen molar-refractivity contribution < 1.29 is 4.79 Å². The van der Waals surface area contributed by atoms with Crippen LogP contribution in [0.3, 0.4) is 0 Å². The molecular weight excluding hydrogens is 198 g/mol. The van der Waals surface area contributed by atoms with Crippen molar-refractivity contribution in [2.75, 3.05) is 0 Å². The lowest BCUT2D eigenvalue weighted by Gasteiger charge is -2.16. The molecule has 0 saturated carbocycles. The van der Waals surface area contributed by atoms with Gasteiger partial charge in [-0.25, -0.2) is 0 Å². The minimum Gasteiger partial charge on any atom is -0.327 e. The maximum absolute atomic E-state index is 12.0. The predicted molar refractivity (Wildman–Crippen MR) is 67.4 cm³/mol. The zero-order chi connectivity index (χ0) is 12.3. The fourth-order valence-electron chi connectivity index (χ4n) is 1.76. The van der Waals surface area contributed by atoms with Gasteiger partial charge in [0.1, 0.15) is 5.78 Å². The van der Waals surface area contributed by atoms with Crippen LogP contribution in [-0.4, -0.2) is 11.8 Å². The van der Waals surface area contributed by atoms with Crippen LogP contribution in [0.5, 0.6) is 0 Å². The van der Waals surface area contributed by atoms with E-state index in [0.29, 0.717) is 6.42 Å². The molecule has 0 saturated heterocycles. The topological polar surface area (TPSA) is 43.1 Å². The van der Waals surface area contributed by atoms with Crippen LogP contribution in [0.2, 0.25) is 0 Å². The van der Waals surface area contributed by atoms with Crippen molar-refractivity contribution in [3.05, 3.63) is 34.9 Å². The molecule has 1 aromatic carbocycles. The Morgan fingerprint density at radius 3 is 2.19 bits per heavy atom. The number of Topliss-reactive ketones (excluding diaryl/α,β-unsaturated/α-hetero) is 1. The van der Waals surface area contributed by atoms with Crippen LogP contribution >= 0.6 is 0 Å². The second kappa shape index (κ2) is 5.26. The van der Waals surface area contributed by atoms with E-state index in [4.69, 9.17) is 5.73 Å². The van der Waals surface area contributed by atoms with Crippen LogP contribution in [0.25, 0.3) is 0 Å². The van der Waals surface area contributed by atoms with Gasteiger partial charge in [-0.2, -0.15) is 0 Å². The summed E-state index contributed by atoms with van der Waals surface area (Å²) in [5.74, 6) is 0.159. The van der Waals surface area contributed by atoms with Crippen molar-refractivity contribution in [1.82, 2.24) is 0 Å². The van der Waals surface area contributed by atoms with E-state index in [0.717, 1.165) is 5.56 Å². The highest BCUT2D eigenvalue weighted by Gasteiger charge is 2.18. The highest BCUT2D eigenvalue weighted by Crippen LogP contribution is 2.16. The molecule has 0 aliphatic rings. The van der Waals surface area contributed by atoms with E-state index in [2.05, 4.69) is 0 Å². The average Bonchev–Trinajstić information content (AvgIpc) is 2.22. The predicted octanol–water partition coefficient (Wildman–Crippen LogP) is 2.40. The largest absolute Gasteiger partial charge is 0.327 e. The Bertz CT molecular complexity index is 362. The molecule has 2 heteroatoms. The average molecular weight is 219 g/mol. The van der Waals surface area contributed by atoms with Gasteiger partial charge >= 0.3 is 0 Å². The summed E-state index contributed by atoms with van der Waals surface area (Å²) < 4.78 is 0. The van der Waals surface area contributed by atoms with E-state index >= 15 is 0 Å². The molecule has 2 unspecified atom stereocenters. The van der Waals surface area contributed by atoms with Crippen molar-refractivity contribution in [3.8, 4) is 0 Å². The first-order valence-corrected chi connectivity index (χ1v) is 5.77. The first kappa shape index (κ1) is 12.9. The van der Waals surface area contributed by atoms with E-state index in [1.807, 2.05) is 45.9 Å². The lowest BCUT2D eigenvalue weighted by Crippen LogP contribution is -2.31. The monoisotopic (exact) mass is 219 g/mol. The highest BCUT2D eigenvalue weighted by molar-refractivity contribution is 5.84. The number of carbonyl (C=O) groups excluding carboxylic acids is 1. The van der Waals surface area contributed by atoms with Crippen molar-refractivity contribution in [1.29, 1.82) is 0 Å². The Kier molecular flexibility index (Phi) is 4.25. The van der Waals surface area contributed by atoms with Gasteiger partial charge in [0, 0.05) is 18.4 Å². The van der Waals surface area contributed by atoms with E-state index in [-0.39, 0.29) is 17.7 Å². The molecule has 0 heterocycles. The molecule has 88 valence electrons. The van der Waals surface area contributed by atoms with Gasteiger partial charge in [-0.05, 0) is 37.5 Å². The van der Waals surface area contributed by atoms with Crippen molar-refractivity contribution in [3.63, 3.8) is 0 Å². The summed E-state index contributed by atoms with van der Waals surface area (Å²) in [6.07, 6.45) is 0.501. The SMILES string of the molecule is Cc1cccc(C)c1CC(=O)C(C)C(C)N. The lowest BCUT2D eigenvalue weighted by molar-refractivity contribution is -0.122. The third kappa shape index (κ3) is 2.92. The first-order valence-electron chi connectivity index (χ1n) is 5.77. The van der Waals surface area contributed by atoms with Gasteiger partial charge in [0.25, 0.3) is 0 Å². The minimum absolute atomic E-state index is 0.0704. The summed E-state index contributed by atoms with van der Waals surface area (Å²) in [5.41, 5.74) is 9.27. The van der Waals surface area contributed by atoms with Crippen LogP contribution in [-0.2, 0) is 11.2 Å². The number of nitrogens with two attached hydrogens (primary N) is 1. The molecule has 16 heavy (non-hydrogen) atoms. The summed E-state index contributed by atoms with van der Waals surface area (Å²) in [6, 6.07) is 6.04. The molecule has 2 N–H and O–H groups in total. The normalized spacial score (nSPS) is 14.6. The summed E-state index contributed by atoms with van der Waals surface area (Å²) in [5, 5.41) is 0. The summed E-state index contributed by atoms with van der Waals surface area (Å²) in [7, 11) is 0. The minimum atomic E-state index is -0.0724. The number of aryl methyl sites for hydroxylation is 2. The van der Waals surface area contributed by atoms with E-state index in [9.17, 15) is 4.79 Å². The standard InChI is InChI=1S/C14H21NO/c1-9-6-5-7-10(2)13(9)8-14(16)11(3)12(4)15/h5-7,11-12H,8,15H2,1-4H3. The second-order valence-electron chi connectivity index (χ2n) is 4.66. The summed E-state index contributed by atoms with van der Waals surface area (Å²) in [6.45, 7) is 7.88. The third-order valence-corrected chi connectivity index (χ3v) is 3.29. The molecule has 0 fully saturated rings. The van der Waals surface area contributed by atoms with Gasteiger partial charge in [0.15, 0.2) is 0 Å². The van der Waals surface area contributed by atoms with Crippen molar-refractivity contribution >= 4 is 5.78 Å². The number of hydrogen-bond acceptors (Lipinski definition) is 2. The molecule has 0 aliphatic heterocycles. The molecule has 1 aromatic rings. The molecule has 0 aliphatic carbocycles. The molecule has 1 rings (SSSR count). The van der Waals surface area contributed by atoms with Gasteiger partial charge in [0.05, 0.1) is 0 Å². The fourth-order valence-corrected chi connectivity index (χ4v) is 1.76. The van der Waals surface area contributed by atoms with Crippen LogP contribution in [0.15, 0.2) is 18.2 Å². The van der Waals surface area contributed by atoms with Crippen molar-refractivity contribution in [2.45, 2.75) is 40.2 Å². The molecule has 0 aromatic heterocycles.